The Kier molecular flexibility index (Phi) is 3.43. The molecule has 0 aromatic carbocycles. The quantitative estimate of drug-likeness (QED) is 0.834. The van der Waals surface area contributed by atoms with Gasteiger partial charge >= 0.3 is 6.18 Å². The monoisotopic (exact) mass is 260 g/mol. The van der Waals surface area contributed by atoms with Crippen LogP contribution in [0.25, 0.3) is 0 Å². The van der Waals surface area contributed by atoms with Crippen molar-refractivity contribution < 1.29 is 13.2 Å². The number of halogens is 3. The minimum Gasteiger partial charge on any atom is -0.335 e. The molecule has 2 rings (SSSR count). The van der Waals surface area contributed by atoms with E-state index in [1.807, 2.05) is 18.7 Å². The maximum absolute atomic E-state index is 12.4. The zero-order valence-electron chi connectivity index (χ0n) is 10.2. The van der Waals surface area contributed by atoms with Gasteiger partial charge in [0.25, 0.3) is 0 Å². The van der Waals surface area contributed by atoms with E-state index in [4.69, 9.17) is 0 Å². The topological polar surface area (TPSA) is 41.0 Å². The van der Waals surface area contributed by atoms with Crippen LogP contribution in [0.5, 0.6) is 0 Å². The molecular formula is C11H15F3N4. The fourth-order valence-electron chi connectivity index (χ4n) is 1.92. The third kappa shape index (κ3) is 2.72. The van der Waals surface area contributed by atoms with Gasteiger partial charge in [-0.1, -0.05) is 0 Å². The van der Waals surface area contributed by atoms with Gasteiger partial charge in [0.1, 0.15) is 0 Å². The average Bonchev–Trinajstić information content (AvgIpc) is 2.31. The van der Waals surface area contributed by atoms with Crippen LogP contribution in [0, 0.1) is 0 Å². The highest BCUT2D eigenvalue weighted by Gasteiger charge is 2.32. The Hall–Kier alpha value is -1.37. The van der Waals surface area contributed by atoms with Gasteiger partial charge in [0.2, 0.25) is 5.95 Å². The van der Waals surface area contributed by atoms with Crippen LogP contribution >= 0.6 is 0 Å². The number of alkyl halides is 3. The third-order valence-electron chi connectivity index (χ3n) is 2.99. The van der Waals surface area contributed by atoms with Crippen molar-refractivity contribution in [1.29, 1.82) is 0 Å². The van der Waals surface area contributed by atoms with Crippen LogP contribution in [0.1, 0.15) is 19.4 Å². The lowest BCUT2D eigenvalue weighted by Crippen LogP contribution is -2.55. The van der Waals surface area contributed by atoms with E-state index in [0.29, 0.717) is 12.5 Å². The van der Waals surface area contributed by atoms with E-state index >= 15 is 0 Å². The van der Waals surface area contributed by atoms with E-state index < -0.39 is 11.7 Å². The Bertz CT molecular complexity index is 404. The van der Waals surface area contributed by atoms with E-state index in [9.17, 15) is 13.2 Å². The largest absolute Gasteiger partial charge is 0.419 e. The minimum absolute atomic E-state index is 0.165. The van der Waals surface area contributed by atoms with Gasteiger partial charge in [-0.2, -0.15) is 13.2 Å². The third-order valence-corrected chi connectivity index (χ3v) is 2.99. The molecule has 1 aromatic heterocycles. The molecule has 1 saturated heterocycles. The molecular weight excluding hydrogens is 245 g/mol. The van der Waals surface area contributed by atoms with Crippen LogP contribution < -0.4 is 10.2 Å². The van der Waals surface area contributed by atoms with E-state index in [0.717, 1.165) is 18.9 Å². The van der Waals surface area contributed by atoms with Crippen molar-refractivity contribution in [2.45, 2.75) is 32.1 Å². The molecule has 0 bridgehead atoms. The number of aromatic nitrogens is 2. The summed E-state index contributed by atoms with van der Waals surface area (Å²) in [6.45, 7) is 5.46. The molecule has 100 valence electrons. The molecule has 0 unspecified atom stereocenters. The molecule has 2 atom stereocenters. The Balaban J connectivity index is 2.18. The number of nitrogens with one attached hydrogen (secondary N) is 1. The second-order valence-corrected chi connectivity index (χ2v) is 4.58. The van der Waals surface area contributed by atoms with Gasteiger partial charge in [0.15, 0.2) is 0 Å². The number of hydrogen-bond donors (Lipinski definition) is 1. The minimum atomic E-state index is -4.39. The smallest absolute Gasteiger partial charge is 0.335 e. The molecule has 4 nitrogen and oxygen atoms in total. The summed E-state index contributed by atoms with van der Waals surface area (Å²) in [5.74, 6) is 0.351. The van der Waals surface area contributed by atoms with Gasteiger partial charge in [-0.05, 0) is 13.8 Å². The van der Waals surface area contributed by atoms with Crippen LogP contribution in [0.15, 0.2) is 12.4 Å². The maximum atomic E-state index is 12.4. The summed E-state index contributed by atoms with van der Waals surface area (Å²) in [5.41, 5.74) is -0.818. The molecule has 1 fully saturated rings. The summed E-state index contributed by atoms with van der Waals surface area (Å²) < 4.78 is 37.2. The molecule has 18 heavy (non-hydrogen) atoms. The average molecular weight is 260 g/mol. The van der Waals surface area contributed by atoms with Crippen LogP contribution in [-0.2, 0) is 6.18 Å². The first-order chi connectivity index (χ1) is 8.38. The number of hydrogen-bond acceptors (Lipinski definition) is 4. The highest BCUT2D eigenvalue weighted by molar-refractivity contribution is 5.33. The molecule has 2 heterocycles. The van der Waals surface area contributed by atoms with Gasteiger partial charge in [0, 0.05) is 37.6 Å². The normalized spacial score (nSPS) is 25.3. The predicted molar refractivity (Wildman–Crippen MR) is 61.3 cm³/mol. The number of piperazine rings is 1. The summed E-state index contributed by atoms with van der Waals surface area (Å²) in [4.78, 5) is 9.56. The fourth-order valence-corrected chi connectivity index (χ4v) is 1.92. The van der Waals surface area contributed by atoms with E-state index in [1.54, 1.807) is 0 Å². The van der Waals surface area contributed by atoms with Crippen molar-refractivity contribution >= 4 is 5.95 Å². The molecule has 1 aromatic rings. The molecule has 0 amide bonds. The second-order valence-electron chi connectivity index (χ2n) is 4.58. The van der Waals surface area contributed by atoms with Gasteiger partial charge in [-0.3, -0.25) is 0 Å². The van der Waals surface area contributed by atoms with Gasteiger partial charge in [0.05, 0.1) is 5.56 Å². The lowest BCUT2D eigenvalue weighted by Gasteiger charge is -2.37. The van der Waals surface area contributed by atoms with Crippen molar-refractivity contribution in [2.24, 2.45) is 0 Å². The first kappa shape index (κ1) is 13.1. The first-order valence-electron chi connectivity index (χ1n) is 5.77. The SMILES string of the molecule is C[C@@H]1CN[C@@H](C)CN1c1ncc(C(F)(F)F)cn1. The van der Waals surface area contributed by atoms with Gasteiger partial charge in [-0.25, -0.2) is 9.97 Å². The Labute approximate surface area is 103 Å². The lowest BCUT2D eigenvalue weighted by atomic mass is 10.1. The summed E-state index contributed by atoms with van der Waals surface area (Å²) in [6, 6.07) is 0.435. The molecule has 0 aliphatic carbocycles. The fraction of sp³-hybridized carbons (Fsp3) is 0.636. The van der Waals surface area contributed by atoms with E-state index in [2.05, 4.69) is 15.3 Å². The standard InChI is InChI=1S/C11H15F3N4/c1-7-6-18(8(2)3-15-7)10-16-4-9(5-17-10)11(12,13)14/h4-5,7-8,15H,3,6H2,1-2H3/t7-,8+/m0/s1. The molecule has 1 aliphatic rings. The highest BCUT2D eigenvalue weighted by atomic mass is 19.4. The molecule has 0 saturated carbocycles. The van der Waals surface area contributed by atoms with Crippen molar-refractivity contribution in [3.63, 3.8) is 0 Å². The van der Waals surface area contributed by atoms with Crippen molar-refractivity contribution in [3.05, 3.63) is 18.0 Å². The maximum Gasteiger partial charge on any atom is 0.419 e. The first-order valence-corrected chi connectivity index (χ1v) is 5.77. The predicted octanol–water partition coefficient (Wildman–Crippen LogP) is 1.68. The van der Waals surface area contributed by atoms with E-state index in [-0.39, 0.29) is 12.1 Å². The van der Waals surface area contributed by atoms with E-state index in [1.165, 1.54) is 0 Å². The van der Waals surface area contributed by atoms with Crippen molar-refractivity contribution in [1.82, 2.24) is 15.3 Å². The lowest BCUT2D eigenvalue weighted by molar-refractivity contribution is -0.138. The Morgan fingerprint density at radius 2 is 1.89 bits per heavy atom. The summed E-state index contributed by atoms with van der Waals surface area (Å²) >= 11 is 0. The van der Waals surface area contributed by atoms with Gasteiger partial charge < -0.3 is 10.2 Å². The summed E-state index contributed by atoms with van der Waals surface area (Å²) in [7, 11) is 0. The number of nitrogens with zero attached hydrogens (tertiary/aromatic N) is 3. The number of anilines is 1. The highest BCUT2D eigenvalue weighted by Crippen LogP contribution is 2.28. The molecule has 0 radical (unpaired) electrons. The molecule has 1 N–H and O–H groups in total. The Morgan fingerprint density at radius 3 is 2.44 bits per heavy atom. The zero-order valence-corrected chi connectivity index (χ0v) is 10.2. The molecule has 0 spiro atoms. The van der Waals surface area contributed by atoms with Crippen molar-refractivity contribution in [3.8, 4) is 0 Å². The molecule has 7 heteroatoms. The van der Waals surface area contributed by atoms with Crippen LogP contribution in [0.3, 0.4) is 0 Å². The van der Waals surface area contributed by atoms with Crippen LogP contribution in [-0.4, -0.2) is 35.1 Å². The zero-order chi connectivity index (χ0) is 13.3. The van der Waals surface area contributed by atoms with Crippen molar-refractivity contribution in [2.75, 3.05) is 18.0 Å². The second kappa shape index (κ2) is 4.72. The van der Waals surface area contributed by atoms with Crippen LogP contribution in [0.4, 0.5) is 19.1 Å². The Morgan fingerprint density at radius 1 is 1.28 bits per heavy atom. The van der Waals surface area contributed by atoms with Gasteiger partial charge in [-0.15, -0.1) is 0 Å². The summed E-state index contributed by atoms with van der Waals surface area (Å²) in [6.07, 6.45) is -2.72. The summed E-state index contributed by atoms with van der Waals surface area (Å²) in [5, 5.41) is 3.29. The molecule has 1 aliphatic heterocycles. The number of rotatable bonds is 1. The van der Waals surface area contributed by atoms with Crippen LogP contribution in [0.2, 0.25) is 0 Å².